The van der Waals surface area contributed by atoms with Gasteiger partial charge >= 0.3 is 0 Å². The fourth-order valence-corrected chi connectivity index (χ4v) is 4.11. The number of halogens is 1. The number of nitrogens with zero attached hydrogens (tertiary/aromatic N) is 2. The van der Waals surface area contributed by atoms with Crippen LogP contribution in [0.4, 0.5) is 11.5 Å². The van der Waals surface area contributed by atoms with Crippen LogP contribution in [0.3, 0.4) is 0 Å². The normalized spacial score (nSPS) is 11.5. The van der Waals surface area contributed by atoms with Crippen molar-refractivity contribution in [3.63, 3.8) is 0 Å². The number of para-hydroxylation sites is 2. The molecule has 160 valence electrons. The van der Waals surface area contributed by atoms with Crippen LogP contribution in [-0.2, 0) is 10.0 Å². The van der Waals surface area contributed by atoms with Crippen LogP contribution >= 0.6 is 15.9 Å². The molecule has 0 spiro atoms. The van der Waals surface area contributed by atoms with Crippen LogP contribution in [0.1, 0.15) is 10.4 Å². The van der Waals surface area contributed by atoms with Gasteiger partial charge in [-0.1, -0.05) is 28.1 Å². The molecule has 0 fully saturated rings. The topological polar surface area (TPSA) is 101 Å². The van der Waals surface area contributed by atoms with Crippen molar-refractivity contribution in [3.05, 3.63) is 101 Å². The van der Waals surface area contributed by atoms with Gasteiger partial charge in [0.1, 0.15) is 0 Å². The highest BCUT2D eigenvalue weighted by atomic mass is 79.9. The van der Waals surface area contributed by atoms with Gasteiger partial charge in [0.15, 0.2) is 11.6 Å². The molecule has 1 aromatic heterocycles. The first kappa shape index (κ1) is 21.7. The molecule has 0 atom stereocenters. The maximum atomic E-state index is 12.7. The summed E-state index contributed by atoms with van der Waals surface area (Å²) in [5.41, 5.74) is 2.47. The Hall–Kier alpha value is -3.56. The Morgan fingerprint density at radius 3 is 2.31 bits per heavy atom. The van der Waals surface area contributed by atoms with E-state index in [1.54, 1.807) is 48.5 Å². The van der Waals surface area contributed by atoms with Crippen molar-refractivity contribution in [3.8, 4) is 0 Å². The molecule has 0 unspecified atom stereocenters. The molecule has 3 aromatic carbocycles. The predicted molar refractivity (Wildman–Crippen MR) is 128 cm³/mol. The Labute approximate surface area is 193 Å². The molecule has 0 aliphatic rings. The van der Waals surface area contributed by atoms with E-state index in [1.165, 1.54) is 30.6 Å². The van der Waals surface area contributed by atoms with Gasteiger partial charge in [-0.15, -0.1) is 0 Å². The zero-order valence-corrected chi connectivity index (χ0v) is 19.0. The number of hydrogen-bond donors (Lipinski definition) is 2. The number of fused-ring (bicyclic) bond motifs is 1. The minimum absolute atomic E-state index is 0.0768. The number of nitrogens with one attached hydrogen (secondary N) is 2. The molecule has 0 saturated heterocycles. The van der Waals surface area contributed by atoms with Crippen molar-refractivity contribution in [2.75, 3.05) is 10.0 Å². The number of benzene rings is 3. The van der Waals surface area contributed by atoms with Crippen LogP contribution in [0.2, 0.25) is 0 Å². The zero-order valence-electron chi connectivity index (χ0n) is 16.6. The lowest BCUT2D eigenvalue weighted by molar-refractivity contribution is 0.104. The molecule has 0 amide bonds. The minimum Gasteiger partial charge on any atom is -0.362 e. The van der Waals surface area contributed by atoms with Gasteiger partial charge in [0.05, 0.1) is 22.1 Å². The van der Waals surface area contributed by atoms with E-state index in [2.05, 4.69) is 35.9 Å². The number of allylic oxidation sites excluding steroid dienone is 1. The number of ketones is 1. The number of sulfonamides is 1. The van der Waals surface area contributed by atoms with Crippen molar-refractivity contribution < 1.29 is 13.2 Å². The molecule has 0 aliphatic carbocycles. The minimum atomic E-state index is -3.83. The highest BCUT2D eigenvalue weighted by Gasteiger charge is 2.15. The Bertz CT molecular complexity index is 1400. The molecule has 7 nitrogen and oxygen atoms in total. The van der Waals surface area contributed by atoms with Crippen LogP contribution in [0.15, 0.2) is 101 Å². The smallest absolute Gasteiger partial charge is 0.263 e. The van der Waals surface area contributed by atoms with Crippen LogP contribution in [0.5, 0.6) is 0 Å². The van der Waals surface area contributed by atoms with Crippen molar-refractivity contribution >= 4 is 54.3 Å². The first-order chi connectivity index (χ1) is 15.4. The first-order valence-electron chi connectivity index (χ1n) is 9.48. The van der Waals surface area contributed by atoms with Crippen LogP contribution in [0, 0.1) is 0 Å². The molecule has 1 heterocycles. The molecule has 2 N–H and O–H groups in total. The summed E-state index contributed by atoms with van der Waals surface area (Å²) in [5, 5.41) is 2.96. The molecule has 9 heteroatoms. The average Bonchev–Trinajstić information content (AvgIpc) is 2.79. The van der Waals surface area contributed by atoms with E-state index >= 15 is 0 Å². The van der Waals surface area contributed by atoms with Gasteiger partial charge in [-0.05, 0) is 60.7 Å². The number of aromatic nitrogens is 2. The number of rotatable bonds is 7. The van der Waals surface area contributed by atoms with Crippen molar-refractivity contribution in [2.45, 2.75) is 4.90 Å². The van der Waals surface area contributed by atoms with E-state index in [-0.39, 0.29) is 16.5 Å². The van der Waals surface area contributed by atoms with E-state index in [9.17, 15) is 13.2 Å². The Balaban J connectivity index is 1.41. The molecule has 0 radical (unpaired) electrons. The van der Waals surface area contributed by atoms with E-state index in [4.69, 9.17) is 0 Å². The molecular formula is C23H17BrN4O3S. The van der Waals surface area contributed by atoms with E-state index in [1.807, 2.05) is 12.1 Å². The van der Waals surface area contributed by atoms with Crippen molar-refractivity contribution in [1.82, 2.24) is 9.97 Å². The monoisotopic (exact) mass is 508 g/mol. The molecule has 0 aliphatic heterocycles. The van der Waals surface area contributed by atoms with E-state index in [0.29, 0.717) is 22.3 Å². The molecule has 0 bridgehead atoms. The maximum absolute atomic E-state index is 12.7. The van der Waals surface area contributed by atoms with E-state index < -0.39 is 10.0 Å². The summed E-state index contributed by atoms with van der Waals surface area (Å²) in [6.45, 7) is 0. The fraction of sp³-hybridized carbons (Fsp3) is 0. The summed E-state index contributed by atoms with van der Waals surface area (Å²) in [5.74, 6) is -0.00909. The molecule has 0 saturated carbocycles. The van der Waals surface area contributed by atoms with Gasteiger partial charge in [0.2, 0.25) is 0 Å². The standard InChI is InChI=1S/C23H17BrN4O3S/c24-17-7-5-16(6-8-17)22(29)13-14-25-18-9-11-19(12-10-18)32(30,31)28-23-15-26-20-3-1-2-4-21(20)27-23/h1-15,25H,(H,27,28)/b14-13-. The first-order valence-corrected chi connectivity index (χ1v) is 11.8. The molecular weight excluding hydrogens is 492 g/mol. The average molecular weight is 509 g/mol. The predicted octanol–water partition coefficient (Wildman–Crippen LogP) is 5.00. The Morgan fingerprint density at radius 1 is 0.906 bits per heavy atom. The summed E-state index contributed by atoms with van der Waals surface area (Å²) in [6, 6.07) is 20.4. The second-order valence-corrected chi connectivity index (χ2v) is 9.32. The summed E-state index contributed by atoms with van der Waals surface area (Å²) < 4.78 is 28.7. The maximum Gasteiger partial charge on any atom is 0.263 e. The largest absolute Gasteiger partial charge is 0.362 e. The van der Waals surface area contributed by atoms with Gasteiger partial charge in [-0.2, -0.15) is 0 Å². The Morgan fingerprint density at radius 2 is 1.59 bits per heavy atom. The Kier molecular flexibility index (Phi) is 6.29. The summed E-state index contributed by atoms with van der Waals surface area (Å²) >= 11 is 3.33. The zero-order chi connectivity index (χ0) is 22.6. The third-order valence-electron chi connectivity index (χ3n) is 4.47. The SMILES string of the molecule is O=C(/C=C\Nc1ccc(S(=O)(=O)Nc2cnc3ccccc3n2)cc1)c1ccc(Br)cc1. The van der Waals surface area contributed by atoms with Gasteiger partial charge in [-0.25, -0.2) is 13.4 Å². The van der Waals surface area contributed by atoms with Gasteiger partial charge in [0.25, 0.3) is 10.0 Å². The summed E-state index contributed by atoms with van der Waals surface area (Å²) in [7, 11) is -3.83. The van der Waals surface area contributed by atoms with Crippen LogP contribution in [0.25, 0.3) is 11.0 Å². The molecule has 4 rings (SSSR count). The summed E-state index contributed by atoms with van der Waals surface area (Å²) in [4.78, 5) is 20.7. The number of carbonyl (C=O) groups excluding carboxylic acids is 1. The van der Waals surface area contributed by atoms with Crippen molar-refractivity contribution in [2.24, 2.45) is 0 Å². The van der Waals surface area contributed by atoms with E-state index in [0.717, 1.165) is 4.47 Å². The van der Waals surface area contributed by atoms with Crippen molar-refractivity contribution in [1.29, 1.82) is 0 Å². The van der Waals surface area contributed by atoms with Crippen LogP contribution < -0.4 is 10.0 Å². The third-order valence-corrected chi connectivity index (χ3v) is 6.36. The second kappa shape index (κ2) is 9.29. The van der Waals surface area contributed by atoms with Gasteiger partial charge in [0, 0.05) is 28.0 Å². The molecule has 4 aromatic rings. The molecule has 32 heavy (non-hydrogen) atoms. The lowest BCUT2D eigenvalue weighted by Gasteiger charge is -2.08. The third kappa shape index (κ3) is 5.19. The highest BCUT2D eigenvalue weighted by Crippen LogP contribution is 2.19. The summed E-state index contributed by atoms with van der Waals surface area (Å²) in [6.07, 6.45) is 4.30. The number of carbonyl (C=O) groups is 1. The fourth-order valence-electron chi connectivity index (χ4n) is 2.86. The second-order valence-electron chi connectivity index (χ2n) is 6.72. The number of anilines is 2. The highest BCUT2D eigenvalue weighted by molar-refractivity contribution is 9.10. The quantitative estimate of drug-likeness (QED) is 0.269. The van der Waals surface area contributed by atoms with Crippen LogP contribution in [-0.4, -0.2) is 24.2 Å². The van der Waals surface area contributed by atoms with Gasteiger partial charge in [-0.3, -0.25) is 14.5 Å². The van der Waals surface area contributed by atoms with Gasteiger partial charge < -0.3 is 5.32 Å². The lowest BCUT2D eigenvalue weighted by atomic mass is 10.1. The lowest BCUT2D eigenvalue weighted by Crippen LogP contribution is -2.14. The number of hydrogen-bond acceptors (Lipinski definition) is 6.